The Morgan fingerprint density at radius 3 is 2.80 bits per heavy atom. The average molecular weight is 204 g/mol. The van der Waals surface area contributed by atoms with Crippen LogP contribution in [0.3, 0.4) is 0 Å². The van der Waals surface area contributed by atoms with Crippen molar-refractivity contribution in [3.05, 3.63) is 29.9 Å². The van der Waals surface area contributed by atoms with Gasteiger partial charge in [0.25, 0.3) is 0 Å². The first-order chi connectivity index (χ1) is 7.29. The van der Waals surface area contributed by atoms with Crippen molar-refractivity contribution in [3.63, 3.8) is 0 Å². The van der Waals surface area contributed by atoms with E-state index < -0.39 is 5.97 Å². The first kappa shape index (κ1) is 9.83. The Bertz CT molecular complexity index is 398. The van der Waals surface area contributed by atoms with E-state index in [0.29, 0.717) is 12.0 Å². The molecule has 4 heteroatoms. The van der Waals surface area contributed by atoms with Gasteiger partial charge in [-0.1, -0.05) is 0 Å². The Kier molecular flexibility index (Phi) is 2.76. The van der Waals surface area contributed by atoms with E-state index in [9.17, 15) is 4.79 Å². The Hall–Kier alpha value is -1.71. The summed E-state index contributed by atoms with van der Waals surface area (Å²) in [7, 11) is 0. The third kappa shape index (κ3) is 2.03. The van der Waals surface area contributed by atoms with Crippen molar-refractivity contribution >= 4 is 11.5 Å². The van der Waals surface area contributed by atoms with Crippen molar-refractivity contribution in [3.8, 4) is 0 Å². The van der Waals surface area contributed by atoms with Crippen LogP contribution in [-0.4, -0.2) is 21.0 Å². The fraction of sp³-hybridized carbons (Fsp3) is 0.364. The number of hydrogen-bond donors (Lipinski definition) is 1. The van der Waals surface area contributed by atoms with E-state index in [1.807, 2.05) is 0 Å². The molecule has 0 atom stereocenters. The number of allylic oxidation sites excluding steroid dienone is 1. The molecule has 15 heavy (non-hydrogen) atoms. The van der Waals surface area contributed by atoms with Gasteiger partial charge in [0.2, 0.25) is 0 Å². The number of hydrogen-bond acceptors (Lipinski definition) is 3. The van der Waals surface area contributed by atoms with E-state index >= 15 is 0 Å². The molecule has 0 saturated heterocycles. The van der Waals surface area contributed by atoms with Gasteiger partial charge in [-0.3, -0.25) is 0 Å². The van der Waals surface area contributed by atoms with Gasteiger partial charge in [0.15, 0.2) is 0 Å². The fourth-order valence-electron chi connectivity index (χ4n) is 1.89. The number of nitrogens with zero attached hydrogens (tertiary/aromatic N) is 2. The summed E-state index contributed by atoms with van der Waals surface area (Å²) in [5.41, 5.74) is 2.14. The molecule has 1 aliphatic carbocycles. The molecule has 0 saturated carbocycles. The van der Waals surface area contributed by atoms with E-state index in [1.54, 1.807) is 12.3 Å². The fourth-order valence-corrected chi connectivity index (χ4v) is 1.89. The molecular formula is C11H12N2O2. The van der Waals surface area contributed by atoms with Crippen molar-refractivity contribution in [2.75, 3.05) is 0 Å². The monoisotopic (exact) mass is 204 g/mol. The van der Waals surface area contributed by atoms with Crippen LogP contribution < -0.4 is 0 Å². The minimum absolute atomic E-state index is 0.514. The summed E-state index contributed by atoms with van der Waals surface area (Å²) >= 11 is 0. The van der Waals surface area contributed by atoms with Crippen LogP contribution in [0.5, 0.6) is 0 Å². The number of rotatable bonds is 2. The zero-order chi connectivity index (χ0) is 10.7. The maximum atomic E-state index is 11.0. The Morgan fingerprint density at radius 1 is 1.33 bits per heavy atom. The number of aliphatic carboxylic acids is 1. The minimum Gasteiger partial charge on any atom is -0.478 e. The summed E-state index contributed by atoms with van der Waals surface area (Å²) < 4.78 is 0. The van der Waals surface area contributed by atoms with Crippen LogP contribution in [0.2, 0.25) is 0 Å². The van der Waals surface area contributed by atoms with E-state index in [-0.39, 0.29) is 0 Å². The lowest BCUT2D eigenvalue weighted by Gasteiger charge is -2.16. The van der Waals surface area contributed by atoms with Crippen molar-refractivity contribution < 1.29 is 9.90 Å². The molecule has 0 bridgehead atoms. The highest BCUT2D eigenvalue weighted by atomic mass is 16.4. The lowest BCUT2D eigenvalue weighted by molar-refractivity contribution is -0.132. The van der Waals surface area contributed by atoms with Crippen molar-refractivity contribution in [2.24, 2.45) is 0 Å². The third-order valence-corrected chi connectivity index (χ3v) is 2.62. The van der Waals surface area contributed by atoms with E-state index in [1.165, 1.54) is 6.33 Å². The highest BCUT2D eigenvalue weighted by Crippen LogP contribution is 2.30. The standard InChI is InChI=1S/C11H12N2O2/c14-11(15)9-4-2-1-3-8(9)10-5-6-12-7-13-10/h5-7H,1-4H2,(H,14,15). The molecule has 0 fully saturated rings. The molecule has 0 spiro atoms. The van der Waals surface area contributed by atoms with E-state index in [2.05, 4.69) is 9.97 Å². The third-order valence-electron chi connectivity index (χ3n) is 2.62. The summed E-state index contributed by atoms with van der Waals surface area (Å²) in [6.45, 7) is 0. The predicted octanol–water partition coefficient (Wildman–Crippen LogP) is 1.89. The lowest BCUT2D eigenvalue weighted by Crippen LogP contribution is -2.09. The first-order valence-electron chi connectivity index (χ1n) is 5.01. The molecule has 0 unspecified atom stereocenters. The lowest BCUT2D eigenvalue weighted by atomic mass is 9.90. The maximum absolute atomic E-state index is 11.0. The summed E-state index contributed by atoms with van der Waals surface area (Å²) in [6, 6.07) is 1.77. The van der Waals surface area contributed by atoms with Crippen LogP contribution in [0.1, 0.15) is 31.4 Å². The first-order valence-corrected chi connectivity index (χ1v) is 5.01. The van der Waals surface area contributed by atoms with Gasteiger partial charge in [0.1, 0.15) is 6.33 Å². The zero-order valence-electron chi connectivity index (χ0n) is 8.31. The van der Waals surface area contributed by atoms with Gasteiger partial charge in [0.05, 0.1) is 5.69 Å². The molecule has 1 aromatic rings. The maximum Gasteiger partial charge on any atom is 0.331 e. The molecule has 0 aliphatic heterocycles. The second-order valence-corrected chi connectivity index (χ2v) is 3.56. The number of carboxylic acids is 1. The average Bonchev–Trinajstić information content (AvgIpc) is 2.30. The SMILES string of the molecule is O=C(O)C1=C(c2ccncn2)CCCC1. The molecule has 1 heterocycles. The number of carbonyl (C=O) groups is 1. The van der Waals surface area contributed by atoms with Crippen LogP contribution in [0.25, 0.3) is 5.57 Å². The summed E-state index contributed by atoms with van der Waals surface area (Å²) in [4.78, 5) is 19.0. The molecular weight excluding hydrogens is 192 g/mol. The van der Waals surface area contributed by atoms with Crippen LogP contribution in [-0.2, 0) is 4.79 Å². The molecule has 1 N–H and O–H groups in total. The van der Waals surface area contributed by atoms with Gasteiger partial charge in [-0.25, -0.2) is 14.8 Å². The zero-order valence-corrected chi connectivity index (χ0v) is 8.31. The minimum atomic E-state index is -0.816. The van der Waals surface area contributed by atoms with Gasteiger partial charge in [-0.2, -0.15) is 0 Å². The van der Waals surface area contributed by atoms with Crippen molar-refractivity contribution in [1.29, 1.82) is 0 Å². The number of aromatic nitrogens is 2. The highest BCUT2D eigenvalue weighted by Gasteiger charge is 2.19. The molecule has 4 nitrogen and oxygen atoms in total. The van der Waals surface area contributed by atoms with Gasteiger partial charge in [-0.15, -0.1) is 0 Å². The Labute approximate surface area is 87.7 Å². The van der Waals surface area contributed by atoms with Crippen LogP contribution in [0.15, 0.2) is 24.2 Å². The summed E-state index contributed by atoms with van der Waals surface area (Å²) in [6.07, 6.45) is 6.54. The van der Waals surface area contributed by atoms with Crippen molar-refractivity contribution in [2.45, 2.75) is 25.7 Å². The summed E-state index contributed by atoms with van der Waals surface area (Å²) in [5, 5.41) is 9.07. The Morgan fingerprint density at radius 2 is 2.13 bits per heavy atom. The van der Waals surface area contributed by atoms with Crippen LogP contribution >= 0.6 is 0 Å². The normalized spacial score (nSPS) is 16.5. The molecule has 2 rings (SSSR count). The highest BCUT2D eigenvalue weighted by molar-refractivity contribution is 5.96. The quantitative estimate of drug-likeness (QED) is 0.799. The van der Waals surface area contributed by atoms with Gasteiger partial charge >= 0.3 is 5.97 Å². The van der Waals surface area contributed by atoms with Gasteiger partial charge in [-0.05, 0) is 37.3 Å². The molecule has 1 aliphatic rings. The van der Waals surface area contributed by atoms with E-state index in [4.69, 9.17) is 5.11 Å². The Balaban J connectivity index is 2.44. The second kappa shape index (κ2) is 4.21. The summed E-state index contributed by atoms with van der Waals surface area (Å²) in [5.74, 6) is -0.816. The predicted molar refractivity (Wildman–Crippen MR) is 55.1 cm³/mol. The molecule has 1 aromatic heterocycles. The van der Waals surface area contributed by atoms with E-state index in [0.717, 1.165) is 30.5 Å². The van der Waals surface area contributed by atoms with Gasteiger partial charge < -0.3 is 5.11 Å². The van der Waals surface area contributed by atoms with Crippen LogP contribution in [0.4, 0.5) is 0 Å². The smallest absolute Gasteiger partial charge is 0.331 e. The van der Waals surface area contributed by atoms with Crippen molar-refractivity contribution in [1.82, 2.24) is 9.97 Å². The second-order valence-electron chi connectivity index (χ2n) is 3.56. The molecule has 78 valence electrons. The molecule has 0 radical (unpaired) electrons. The van der Waals surface area contributed by atoms with Crippen LogP contribution in [0, 0.1) is 0 Å². The topological polar surface area (TPSA) is 63.1 Å². The van der Waals surface area contributed by atoms with Gasteiger partial charge in [0, 0.05) is 11.8 Å². The molecule has 0 aromatic carbocycles. The number of carboxylic acid groups (broad SMARTS) is 1. The molecule has 0 amide bonds. The largest absolute Gasteiger partial charge is 0.478 e.